The minimum atomic E-state index is -1.01. The molecule has 2 atom stereocenters. The lowest BCUT2D eigenvalue weighted by Gasteiger charge is -2.25. The number of hydrogen-bond acceptors (Lipinski definition) is 10. The molecule has 2 aromatic rings. The third kappa shape index (κ3) is 8.10. The molecule has 3 heterocycles. The highest BCUT2D eigenvalue weighted by molar-refractivity contribution is 5.96. The van der Waals surface area contributed by atoms with Crippen molar-refractivity contribution in [1.29, 1.82) is 0 Å². The molecule has 2 aromatic heterocycles. The number of hydrogen-bond donors (Lipinski definition) is 4. The maximum absolute atomic E-state index is 12.8. The van der Waals surface area contributed by atoms with E-state index in [-0.39, 0.29) is 41.7 Å². The fourth-order valence-corrected chi connectivity index (χ4v) is 4.11. The van der Waals surface area contributed by atoms with Gasteiger partial charge in [0.1, 0.15) is 11.9 Å². The van der Waals surface area contributed by atoms with Gasteiger partial charge in [0, 0.05) is 30.8 Å². The third-order valence-corrected chi connectivity index (χ3v) is 6.53. The predicted molar refractivity (Wildman–Crippen MR) is 146 cm³/mol. The number of aromatic amines is 1. The molecule has 3 rings (SSSR count). The van der Waals surface area contributed by atoms with Crippen molar-refractivity contribution >= 4 is 35.5 Å². The maximum atomic E-state index is 12.8. The average Bonchev–Trinajstić information content (AvgIpc) is 2.93. The zero-order chi connectivity index (χ0) is 29.4. The zero-order valence-corrected chi connectivity index (χ0v) is 23.4. The van der Waals surface area contributed by atoms with Crippen molar-refractivity contribution < 1.29 is 28.7 Å². The Morgan fingerprint density at radius 1 is 1.15 bits per heavy atom. The van der Waals surface area contributed by atoms with Crippen molar-refractivity contribution in [2.24, 2.45) is 11.3 Å². The standard InChI is InChI=1S/C27H36N6O7/c1-27(2,3)25(38)33-26-31-21-18(23(36)32-26)11-16(13-29-21)7-6-15-10-17(14-28-12-15)22(35)30-19(24(37)40-5)8-9-20(34)39-4/h10,12,14,16,19H,6-9,11,13H2,1-5H3,(H,30,35)(H3,29,31,32,33,36,38)/t16?,19-/m1/s1. The number of nitrogens with zero attached hydrogens (tertiary/aromatic N) is 2. The first-order valence-corrected chi connectivity index (χ1v) is 13.0. The molecule has 0 aromatic carbocycles. The molecule has 0 radical (unpaired) electrons. The Morgan fingerprint density at radius 2 is 1.90 bits per heavy atom. The van der Waals surface area contributed by atoms with E-state index >= 15 is 0 Å². The number of aryl methyl sites for hydroxylation is 1. The fraction of sp³-hybridized carbons (Fsp3) is 0.519. The summed E-state index contributed by atoms with van der Waals surface area (Å²) in [5.41, 5.74) is 0.668. The van der Waals surface area contributed by atoms with Crippen LogP contribution in [0.3, 0.4) is 0 Å². The number of esters is 2. The van der Waals surface area contributed by atoms with E-state index in [1.54, 1.807) is 33.0 Å². The van der Waals surface area contributed by atoms with Crippen molar-refractivity contribution in [2.75, 3.05) is 31.4 Å². The van der Waals surface area contributed by atoms with Crippen molar-refractivity contribution in [3.05, 3.63) is 45.5 Å². The van der Waals surface area contributed by atoms with Crippen LogP contribution in [0.5, 0.6) is 0 Å². The first-order chi connectivity index (χ1) is 18.9. The van der Waals surface area contributed by atoms with Gasteiger partial charge >= 0.3 is 11.9 Å². The highest BCUT2D eigenvalue weighted by atomic mass is 16.5. The normalized spacial score (nSPS) is 15.2. The van der Waals surface area contributed by atoms with Gasteiger partial charge in [-0.25, -0.2) is 4.79 Å². The van der Waals surface area contributed by atoms with Crippen LogP contribution in [0.15, 0.2) is 23.3 Å². The number of methoxy groups -OCH3 is 2. The van der Waals surface area contributed by atoms with Gasteiger partial charge in [-0.3, -0.25) is 34.5 Å². The highest BCUT2D eigenvalue weighted by Gasteiger charge is 2.26. The van der Waals surface area contributed by atoms with Gasteiger partial charge in [0.15, 0.2) is 0 Å². The van der Waals surface area contributed by atoms with Crippen molar-refractivity contribution in [2.45, 2.75) is 58.9 Å². The van der Waals surface area contributed by atoms with E-state index < -0.39 is 29.3 Å². The molecule has 0 bridgehead atoms. The van der Waals surface area contributed by atoms with Crippen LogP contribution in [0, 0.1) is 11.3 Å². The van der Waals surface area contributed by atoms with E-state index in [4.69, 9.17) is 4.74 Å². The van der Waals surface area contributed by atoms with Crippen LogP contribution in [-0.2, 0) is 36.7 Å². The molecule has 1 aliphatic heterocycles. The number of carbonyl (C=O) groups excluding carboxylic acids is 4. The van der Waals surface area contributed by atoms with Gasteiger partial charge in [-0.2, -0.15) is 4.98 Å². The minimum absolute atomic E-state index is 0.0345. The molecule has 13 heteroatoms. The number of anilines is 2. The van der Waals surface area contributed by atoms with Crippen LogP contribution in [0.1, 0.15) is 61.5 Å². The lowest BCUT2D eigenvalue weighted by Crippen LogP contribution is -2.42. The van der Waals surface area contributed by atoms with Crippen LogP contribution in [0.2, 0.25) is 0 Å². The van der Waals surface area contributed by atoms with Gasteiger partial charge < -0.3 is 20.1 Å². The SMILES string of the molecule is COC(=O)CC[C@@H](NC(=O)c1cncc(CCC2CNc3nc(NC(=O)C(C)(C)C)[nH]c(=O)c3C2)c1)C(=O)OC. The molecule has 0 spiro atoms. The molecule has 1 aliphatic rings. The van der Waals surface area contributed by atoms with Gasteiger partial charge in [-0.15, -0.1) is 0 Å². The topological polar surface area (TPSA) is 181 Å². The number of H-pyrrole nitrogens is 1. The van der Waals surface area contributed by atoms with E-state index in [1.807, 2.05) is 0 Å². The van der Waals surface area contributed by atoms with Crippen LogP contribution < -0.4 is 21.5 Å². The van der Waals surface area contributed by atoms with E-state index in [0.29, 0.717) is 37.2 Å². The average molecular weight is 557 g/mol. The lowest BCUT2D eigenvalue weighted by molar-refractivity contribution is -0.144. The second-order valence-electron chi connectivity index (χ2n) is 10.7. The van der Waals surface area contributed by atoms with Crippen molar-refractivity contribution in [3.63, 3.8) is 0 Å². The van der Waals surface area contributed by atoms with E-state index in [2.05, 4.69) is 35.6 Å². The van der Waals surface area contributed by atoms with Gasteiger partial charge in [0.25, 0.3) is 11.5 Å². The number of aromatic nitrogens is 3. The van der Waals surface area contributed by atoms with E-state index in [0.717, 1.165) is 5.56 Å². The van der Waals surface area contributed by atoms with Crippen LogP contribution >= 0.6 is 0 Å². The van der Waals surface area contributed by atoms with Crippen LogP contribution in [-0.4, -0.2) is 65.5 Å². The monoisotopic (exact) mass is 556 g/mol. The number of ether oxygens (including phenoxy) is 2. The number of nitrogens with one attached hydrogen (secondary N) is 4. The molecule has 13 nitrogen and oxygen atoms in total. The summed E-state index contributed by atoms with van der Waals surface area (Å²) in [5, 5.41) is 8.44. The lowest BCUT2D eigenvalue weighted by atomic mass is 9.91. The van der Waals surface area contributed by atoms with Crippen molar-refractivity contribution in [1.82, 2.24) is 20.3 Å². The summed E-state index contributed by atoms with van der Waals surface area (Å²) in [7, 11) is 2.45. The Kier molecular flexibility index (Phi) is 9.97. The Morgan fingerprint density at radius 3 is 2.58 bits per heavy atom. The quantitative estimate of drug-likeness (QED) is 0.314. The Labute approximate surface area is 231 Å². The van der Waals surface area contributed by atoms with E-state index in [1.165, 1.54) is 20.4 Å². The van der Waals surface area contributed by atoms with Crippen LogP contribution in [0.4, 0.5) is 11.8 Å². The molecule has 2 amide bonds. The van der Waals surface area contributed by atoms with Crippen LogP contribution in [0.25, 0.3) is 0 Å². The summed E-state index contributed by atoms with van der Waals surface area (Å²) < 4.78 is 9.34. The number of fused-ring (bicyclic) bond motifs is 1. The third-order valence-electron chi connectivity index (χ3n) is 6.53. The molecule has 0 saturated heterocycles. The van der Waals surface area contributed by atoms with Crippen molar-refractivity contribution in [3.8, 4) is 0 Å². The molecular weight excluding hydrogens is 520 g/mol. The molecular formula is C27H36N6O7. The summed E-state index contributed by atoms with van der Waals surface area (Å²) in [5.74, 6) is -1.25. The van der Waals surface area contributed by atoms with E-state index in [9.17, 15) is 24.0 Å². The predicted octanol–water partition coefficient (Wildman–Crippen LogP) is 1.59. The maximum Gasteiger partial charge on any atom is 0.328 e. The van der Waals surface area contributed by atoms with Gasteiger partial charge in [-0.05, 0) is 43.2 Å². The molecule has 0 fully saturated rings. The van der Waals surface area contributed by atoms with Gasteiger partial charge in [0.2, 0.25) is 11.9 Å². The molecule has 4 N–H and O–H groups in total. The van der Waals surface area contributed by atoms with Gasteiger partial charge in [-0.1, -0.05) is 20.8 Å². The summed E-state index contributed by atoms with van der Waals surface area (Å²) >= 11 is 0. The Hall–Kier alpha value is -4.29. The second-order valence-corrected chi connectivity index (χ2v) is 10.7. The summed E-state index contributed by atoms with van der Waals surface area (Å²) in [6.45, 7) is 5.90. The largest absolute Gasteiger partial charge is 0.469 e. The smallest absolute Gasteiger partial charge is 0.328 e. The molecule has 0 aliphatic carbocycles. The molecule has 40 heavy (non-hydrogen) atoms. The first-order valence-electron chi connectivity index (χ1n) is 13.0. The molecule has 1 unspecified atom stereocenters. The number of pyridine rings is 1. The first kappa shape index (κ1) is 30.3. The Bertz CT molecular complexity index is 1320. The Balaban J connectivity index is 1.60. The number of amides is 2. The van der Waals surface area contributed by atoms with Gasteiger partial charge in [0.05, 0.1) is 25.3 Å². The zero-order valence-electron chi connectivity index (χ0n) is 23.4. The summed E-state index contributed by atoms with van der Waals surface area (Å²) in [6, 6.07) is 0.683. The second kappa shape index (κ2) is 13.2. The minimum Gasteiger partial charge on any atom is -0.469 e. The molecule has 0 saturated carbocycles. The summed E-state index contributed by atoms with van der Waals surface area (Å²) in [6.07, 6.45) is 4.86. The number of rotatable bonds is 10. The highest BCUT2D eigenvalue weighted by Crippen LogP contribution is 2.24. The number of carbonyl (C=O) groups is 4. The fourth-order valence-electron chi connectivity index (χ4n) is 4.11. The molecule has 216 valence electrons. The summed E-state index contributed by atoms with van der Waals surface area (Å²) in [4.78, 5) is 72.5.